The van der Waals surface area contributed by atoms with Crippen LogP contribution in [0.1, 0.15) is 91.9 Å². The molecule has 1 fully saturated rings. The van der Waals surface area contributed by atoms with Gasteiger partial charge in [0.15, 0.2) is 8.32 Å². The number of aliphatic carboxylic acids is 1. The number of fused-ring (bicyclic) bond motifs is 1. The molecular weight excluding hydrogens is 416 g/mol. The van der Waals surface area contributed by atoms with Crippen LogP contribution < -0.4 is 0 Å². The van der Waals surface area contributed by atoms with Crippen molar-refractivity contribution in [3.8, 4) is 0 Å². The summed E-state index contributed by atoms with van der Waals surface area (Å²) in [5, 5.41) is 19.5. The van der Waals surface area contributed by atoms with Crippen molar-refractivity contribution in [1.82, 2.24) is 0 Å². The van der Waals surface area contributed by atoms with Gasteiger partial charge in [-0.3, -0.25) is 4.79 Å². The van der Waals surface area contributed by atoms with E-state index in [1.165, 1.54) is 18.4 Å². The Morgan fingerprint density at radius 1 is 1.25 bits per heavy atom. The molecule has 2 aliphatic carbocycles. The zero-order valence-corrected chi connectivity index (χ0v) is 22.4. The highest BCUT2D eigenvalue weighted by Gasteiger charge is 2.48. The average Bonchev–Trinajstić information content (AvgIpc) is 3.19. The zero-order chi connectivity index (χ0) is 23.9. The highest BCUT2D eigenvalue weighted by atomic mass is 28.4. The van der Waals surface area contributed by atoms with Crippen LogP contribution >= 0.6 is 0 Å². The monoisotopic (exact) mass is 464 g/mol. The van der Waals surface area contributed by atoms with Crippen LogP contribution in [0.25, 0.3) is 0 Å². The topological polar surface area (TPSA) is 66.8 Å². The normalized spacial score (nSPS) is 27.0. The summed E-state index contributed by atoms with van der Waals surface area (Å²) < 4.78 is 6.91. The van der Waals surface area contributed by atoms with Crippen molar-refractivity contribution in [3.05, 3.63) is 23.8 Å². The number of carboxylic acids is 1. The van der Waals surface area contributed by atoms with Gasteiger partial charge >= 0.3 is 5.97 Å². The summed E-state index contributed by atoms with van der Waals surface area (Å²) in [6.07, 6.45) is 16.1. The molecule has 184 valence electrons. The SMILES string of the molecule is CCCCC[C@H](O)/C=C/[C@@H]1[C@H]2CC(CCCCC(=O)O)=C[C@H]2C[C@H]1O[Si](C)(C)C(C)(C)C. The van der Waals surface area contributed by atoms with E-state index in [0.29, 0.717) is 17.8 Å². The molecule has 0 heterocycles. The zero-order valence-electron chi connectivity index (χ0n) is 21.4. The van der Waals surface area contributed by atoms with Crippen molar-refractivity contribution in [2.75, 3.05) is 0 Å². The molecule has 0 aromatic carbocycles. The Balaban J connectivity index is 2.06. The minimum atomic E-state index is -1.87. The van der Waals surface area contributed by atoms with E-state index in [1.54, 1.807) is 0 Å². The predicted octanol–water partition coefficient (Wildman–Crippen LogP) is 7.10. The maximum atomic E-state index is 10.8. The van der Waals surface area contributed by atoms with E-state index in [2.05, 4.69) is 52.9 Å². The van der Waals surface area contributed by atoms with Crippen molar-refractivity contribution in [2.45, 2.75) is 122 Å². The molecule has 0 aliphatic heterocycles. The Bertz CT molecular complexity index is 661. The summed E-state index contributed by atoms with van der Waals surface area (Å²) in [6.45, 7) is 13.8. The lowest BCUT2D eigenvalue weighted by Gasteiger charge is -2.40. The van der Waals surface area contributed by atoms with Crippen LogP contribution in [0, 0.1) is 17.8 Å². The molecule has 32 heavy (non-hydrogen) atoms. The number of rotatable bonds is 13. The van der Waals surface area contributed by atoms with E-state index in [9.17, 15) is 9.90 Å². The number of carboxylic acid groups (broad SMARTS) is 1. The maximum Gasteiger partial charge on any atom is 0.303 e. The molecular formula is C27H48O4Si. The minimum absolute atomic E-state index is 0.184. The van der Waals surface area contributed by atoms with E-state index in [1.807, 2.05) is 6.08 Å². The first-order valence-electron chi connectivity index (χ1n) is 12.9. The van der Waals surface area contributed by atoms with Gasteiger partial charge in [-0.1, -0.05) is 70.8 Å². The lowest BCUT2D eigenvalue weighted by Crippen LogP contribution is -2.45. The predicted molar refractivity (Wildman–Crippen MR) is 135 cm³/mol. The smallest absolute Gasteiger partial charge is 0.303 e. The van der Waals surface area contributed by atoms with Crippen LogP contribution in [-0.2, 0) is 9.22 Å². The number of hydrogen-bond acceptors (Lipinski definition) is 3. The third-order valence-electron chi connectivity index (χ3n) is 7.98. The van der Waals surface area contributed by atoms with Crippen LogP contribution in [0.15, 0.2) is 23.8 Å². The Morgan fingerprint density at radius 3 is 2.59 bits per heavy atom. The van der Waals surface area contributed by atoms with E-state index in [0.717, 1.165) is 44.9 Å². The number of hydrogen-bond donors (Lipinski definition) is 2. The van der Waals surface area contributed by atoms with Gasteiger partial charge in [0.05, 0.1) is 12.2 Å². The van der Waals surface area contributed by atoms with Crippen molar-refractivity contribution in [3.63, 3.8) is 0 Å². The van der Waals surface area contributed by atoms with Crippen LogP contribution in [0.3, 0.4) is 0 Å². The minimum Gasteiger partial charge on any atom is -0.481 e. The van der Waals surface area contributed by atoms with Crippen molar-refractivity contribution >= 4 is 14.3 Å². The van der Waals surface area contributed by atoms with Gasteiger partial charge in [0.1, 0.15) is 0 Å². The summed E-state index contributed by atoms with van der Waals surface area (Å²) >= 11 is 0. The van der Waals surface area contributed by atoms with Gasteiger partial charge in [0.25, 0.3) is 0 Å². The van der Waals surface area contributed by atoms with Crippen LogP contribution in [0.5, 0.6) is 0 Å². The largest absolute Gasteiger partial charge is 0.481 e. The van der Waals surface area contributed by atoms with Crippen molar-refractivity contribution in [1.29, 1.82) is 0 Å². The van der Waals surface area contributed by atoms with Crippen LogP contribution in [0.4, 0.5) is 0 Å². The fourth-order valence-electron chi connectivity index (χ4n) is 5.03. The standard InChI is InChI=1S/C27H48O4Si/c1-7-8-9-13-22(28)15-16-23-24-18-20(12-10-11-14-26(29)30)17-21(24)19-25(23)31-32(5,6)27(2,3)4/h15-17,21-25,28H,7-14,18-19H2,1-6H3,(H,29,30)/b16-15+/t21-,22-,23+,24-,25+/m0/s1. The molecule has 0 unspecified atom stereocenters. The van der Waals surface area contributed by atoms with Gasteiger partial charge in [-0.15, -0.1) is 0 Å². The fourth-order valence-corrected chi connectivity index (χ4v) is 6.40. The molecule has 5 heteroatoms. The van der Waals surface area contributed by atoms with Crippen molar-refractivity contribution in [2.24, 2.45) is 17.8 Å². The van der Waals surface area contributed by atoms with Gasteiger partial charge in [0, 0.05) is 12.3 Å². The quantitative estimate of drug-likeness (QED) is 0.173. The molecule has 1 saturated carbocycles. The second kappa shape index (κ2) is 12.0. The van der Waals surface area contributed by atoms with Crippen LogP contribution in [-0.4, -0.2) is 36.7 Å². The number of aliphatic hydroxyl groups is 1. The molecule has 0 radical (unpaired) electrons. The lowest BCUT2D eigenvalue weighted by atomic mass is 9.88. The molecule has 2 aliphatic rings. The third kappa shape index (κ3) is 7.84. The Morgan fingerprint density at radius 2 is 1.97 bits per heavy atom. The number of aliphatic hydroxyl groups excluding tert-OH is 1. The molecule has 5 atom stereocenters. The maximum absolute atomic E-state index is 10.8. The summed E-state index contributed by atoms with van der Waals surface area (Å²) in [4.78, 5) is 10.8. The summed E-state index contributed by atoms with van der Waals surface area (Å²) in [5.74, 6) is 0.753. The number of carbonyl (C=O) groups is 1. The molecule has 2 N–H and O–H groups in total. The molecule has 0 amide bonds. The molecule has 4 nitrogen and oxygen atoms in total. The second-order valence-electron chi connectivity index (χ2n) is 11.6. The Labute approximate surface area is 197 Å². The summed E-state index contributed by atoms with van der Waals surface area (Å²) in [6, 6.07) is 0. The summed E-state index contributed by atoms with van der Waals surface area (Å²) in [5.41, 5.74) is 1.50. The average molecular weight is 465 g/mol. The fraction of sp³-hybridized carbons (Fsp3) is 0.815. The first-order valence-corrected chi connectivity index (χ1v) is 15.8. The van der Waals surface area contributed by atoms with E-state index in [-0.39, 0.29) is 23.7 Å². The number of allylic oxidation sites excluding steroid dienone is 2. The highest BCUT2D eigenvalue weighted by Crippen LogP contribution is 2.51. The molecule has 0 aromatic heterocycles. The first kappa shape index (κ1) is 27.3. The Kier molecular flexibility index (Phi) is 10.2. The highest BCUT2D eigenvalue weighted by molar-refractivity contribution is 6.74. The van der Waals surface area contributed by atoms with Gasteiger partial charge in [0.2, 0.25) is 0 Å². The van der Waals surface area contributed by atoms with Gasteiger partial charge in [-0.2, -0.15) is 0 Å². The lowest BCUT2D eigenvalue weighted by molar-refractivity contribution is -0.137. The van der Waals surface area contributed by atoms with E-state index in [4.69, 9.17) is 9.53 Å². The Hall–Kier alpha value is -0.913. The summed E-state index contributed by atoms with van der Waals surface area (Å²) in [7, 11) is -1.87. The van der Waals surface area contributed by atoms with Gasteiger partial charge in [-0.25, -0.2) is 0 Å². The van der Waals surface area contributed by atoms with E-state index < -0.39 is 14.3 Å². The third-order valence-corrected chi connectivity index (χ3v) is 12.5. The molecule has 0 spiro atoms. The van der Waals surface area contributed by atoms with Gasteiger partial charge in [-0.05, 0) is 68.5 Å². The molecule has 2 rings (SSSR count). The second-order valence-corrected chi connectivity index (χ2v) is 16.4. The van der Waals surface area contributed by atoms with Crippen LogP contribution in [0.2, 0.25) is 18.1 Å². The first-order chi connectivity index (χ1) is 14.9. The molecule has 0 saturated heterocycles. The molecule has 0 bridgehead atoms. The molecule has 0 aromatic rings. The van der Waals surface area contributed by atoms with Gasteiger partial charge < -0.3 is 14.6 Å². The number of unbranched alkanes of at least 4 members (excludes halogenated alkanes) is 3. The van der Waals surface area contributed by atoms with Crippen molar-refractivity contribution < 1.29 is 19.4 Å². The van der Waals surface area contributed by atoms with E-state index >= 15 is 0 Å².